The molecule has 37 heavy (non-hydrogen) atoms. The monoisotopic (exact) mass is 556 g/mol. The second-order valence-electron chi connectivity index (χ2n) is 9.61. The highest BCUT2D eigenvalue weighted by Gasteiger charge is 2.32. The van der Waals surface area contributed by atoms with Crippen molar-refractivity contribution in [1.29, 1.82) is 0 Å². The van der Waals surface area contributed by atoms with Crippen LogP contribution in [0.2, 0.25) is 15.1 Å². The minimum atomic E-state index is -0.698. The smallest absolute Gasteiger partial charge is 0.243 e. The summed E-state index contributed by atoms with van der Waals surface area (Å²) in [6.45, 7) is 0.192. The van der Waals surface area contributed by atoms with Crippen LogP contribution >= 0.6 is 34.8 Å². The lowest BCUT2D eigenvalue weighted by molar-refractivity contribution is -0.141. The second kappa shape index (κ2) is 13.3. The Hall–Kier alpha value is -2.53. The first-order valence-electron chi connectivity index (χ1n) is 12.7. The van der Waals surface area contributed by atoms with Crippen molar-refractivity contribution in [2.24, 2.45) is 0 Å². The van der Waals surface area contributed by atoms with E-state index in [-0.39, 0.29) is 30.8 Å². The molecule has 1 fully saturated rings. The first kappa shape index (κ1) is 27.5. The summed E-state index contributed by atoms with van der Waals surface area (Å²) in [4.78, 5) is 29.3. The molecule has 0 heterocycles. The molecule has 0 radical (unpaired) electrons. The highest BCUT2D eigenvalue weighted by atomic mass is 35.5. The molecule has 7 heteroatoms. The molecule has 1 aliphatic rings. The number of carbonyl (C=O) groups excluding carboxylic acids is 2. The van der Waals surface area contributed by atoms with Gasteiger partial charge in [0.15, 0.2) is 0 Å². The maximum Gasteiger partial charge on any atom is 0.243 e. The van der Waals surface area contributed by atoms with Crippen molar-refractivity contribution in [1.82, 2.24) is 10.2 Å². The summed E-state index contributed by atoms with van der Waals surface area (Å²) in [5.74, 6) is -0.293. The van der Waals surface area contributed by atoms with E-state index in [0.29, 0.717) is 21.5 Å². The molecule has 4 nitrogen and oxygen atoms in total. The summed E-state index contributed by atoms with van der Waals surface area (Å²) in [5.41, 5.74) is 2.55. The van der Waals surface area contributed by atoms with Gasteiger partial charge in [-0.15, -0.1) is 0 Å². The Kier molecular flexibility index (Phi) is 9.90. The number of amides is 2. The number of rotatable bonds is 9. The number of hydrogen-bond acceptors (Lipinski definition) is 2. The zero-order valence-corrected chi connectivity index (χ0v) is 22.9. The molecule has 0 saturated heterocycles. The fraction of sp³-hybridized carbons (Fsp3) is 0.333. The maximum absolute atomic E-state index is 13.9. The Labute approximate surface area is 233 Å². The van der Waals surface area contributed by atoms with E-state index in [2.05, 4.69) is 5.32 Å². The molecular weight excluding hydrogens is 527 g/mol. The van der Waals surface area contributed by atoms with E-state index < -0.39 is 6.04 Å². The molecule has 2 amide bonds. The Morgan fingerprint density at radius 2 is 1.51 bits per heavy atom. The van der Waals surface area contributed by atoms with Crippen molar-refractivity contribution in [3.05, 3.63) is 105 Å². The van der Waals surface area contributed by atoms with Crippen molar-refractivity contribution in [3.63, 3.8) is 0 Å². The fourth-order valence-electron chi connectivity index (χ4n) is 4.81. The lowest BCUT2D eigenvalue weighted by atomic mass is 9.94. The van der Waals surface area contributed by atoms with Crippen LogP contribution in [0.3, 0.4) is 0 Å². The summed E-state index contributed by atoms with van der Waals surface area (Å²) in [5, 5.41) is 4.84. The fourth-order valence-corrected chi connectivity index (χ4v) is 5.40. The quantitative estimate of drug-likeness (QED) is 0.301. The zero-order chi connectivity index (χ0) is 26.2. The van der Waals surface area contributed by atoms with Crippen LogP contribution in [0.1, 0.15) is 48.8 Å². The Balaban J connectivity index is 1.67. The molecule has 1 N–H and O–H groups in total. The largest absolute Gasteiger partial charge is 0.352 e. The second-order valence-corrected chi connectivity index (χ2v) is 10.9. The summed E-state index contributed by atoms with van der Waals surface area (Å²) < 4.78 is 0. The Morgan fingerprint density at radius 1 is 0.838 bits per heavy atom. The average molecular weight is 558 g/mol. The van der Waals surface area contributed by atoms with E-state index in [0.717, 1.165) is 42.4 Å². The lowest BCUT2D eigenvalue weighted by Crippen LogP contribution is -2.53. The van der Waals surface area contributed by atoms with Crippen LogP contribution in [-0.4, -0.2) is 28.8 Å². The van der Waals surface area contributed by atoms with E-state index in [1.807, 2.05) is 48.5 Å². The summed E-state index contributed by atoms with van der Waals surface area (Å²) in [6, 6.07) is 21.7. The van der Waals surface area contributed by atoms with Gasteiger partial charge in [-0.1, -0.05) is 103 Å². The molecule has 0 aromatic heterocycles. The van der Waals surface area contributed by atoms with Gasteiger partial charge in [0.2, 0.25) is 11.8 Å². The SMILES string of the molecule is O=C(NC1CCCCC1)C(Cc1ccccc1)N(Cc1ccc(Cl)cc1Cl)C(=O)Cc1ccc(Cl)cc1. The summed E-state index contributed by atoms with van der Waals surface area (Å²) in [7, 11) is 0. The van der Waals surface area contributed by atoms with E-state index in [4.69, 9.17) is 34.8 Å². The highest BCUT2D eigenvalue weighted by molar-refractivity contribution is 6.35. The normalized spacial score (nSPS) is 14.7. The van der Waals surface area contributed by atoms with Gasteiger partial charge in [0.25, 0.3) is 0 Å². The highest BCUT2D eigenvalue weighted by Crippen LogP contribution is 2.25. The van der Waals surface area contributed by atoms with Gasteiger partial charge in [0, 0.05) is 34.1 Å². The Bertz CT molecular complexity index is 1200. The maximum atomic E-state index is 13.9. The summed E-state index contributed by atoms with van der Waals surface area (Å²) >= 11 is 18.7. The Morgan fingerprint density at radius 3 is 2.19 bits per heavy atom. The lowest BCUT2D eigenvalue weighted by Gasteiger charge is -2.34. The number of nitrogens with one attached hydrogen (secondary N) is 1. The van der Waals surface area contributed by atoms with E-state index >= 15 is 0 Å². The zero-order valence-electron chi connectivity index (χ0n) is 20.6. The minimum Gasteiger partial charge on any atom is -0.352 e. The molecule has 0 spiro atoms. The molecule has 1 atom stereocenters. The van der Waals surface area contributed by atoms with Gasteiger partial charge in [-0.2, -0.15) is 0 Å². The average Bonchev–Trinajstić information content (AvgIpc) is 2.89. The van der Waals surface area contributed by atoms with Gasteiger partial charge in [-0.3, -0.25) is 9.59 Å². The van der Waals surface area contributed by atoms with Crippen LogP contribution in [-0.2, 0) is 29.0 Å². The first-order valence-corrected chi connectivity index (χ1v) is 13.8. The predicted molar refractivity (Wildman–Crippen MR) is 151 cm³/mol. The molecule has 1 saturated carbocycles. The first-order chi connectivity index (χ1) is 17.9. The predicted octanol–water partition coefficient (Wildman–Crippen LogP) is 7.28. The standard InChI is InChI=1S/C30H31Cl3N2O2/c31-24-14-11-22(12-15-24)18-29(36)35(20-23-13-16-25(32)19-27(23)33)28(17-21-7-3-1-4-8-21)30(37)34-26-9-5-2-6-10-26/h1,3-4,7-8,11-16,19,26,28H,2,5-6,9-10,17-18,20H2,(H,34,37). The number of carbonyl (C=O) groups is 2. The van der Waals surface area contributed by atoms with Crippen LogP contribution in [0.5, 0.6) is 0 Å². The minimum absolute atomic E-state index is 0.131. The number of nitrogens with zero attached hydrogens (tertiary/aromatic N) is 1. The van der Waals surface area contributed by atoms with Crippen LogP contribution in [0.25, 0.3) is 0 Å². The molecule has 194 valence electrons. The summed E-state index contributed by atoms with van der Waals surface area (Å²) in [6.07, 6.45) is 5.88. The van der Waals surface area contributed by atoms with Gasteiger partial charge in [0.1, 0.15) is 6.04 Å². The topological polar surface area (TPSA) is 49.4 Å². The van der Waals surface area contributed by atoms with Gasteiger partial charge in [-0.25, -0.2) is 0 Å². The third-order valence-corrected chi connectivity index (χ3v) is 7.69. The van der Waals surface area contributed by atoms with Crippen molar-refractivity contribution < 1.29 is 9.59 Å². The van der Waals surface area contributed by atoms with Gasteiger partial charge >= 0.3 is 0 Å². The third kappa shape index (κ3) is 7.98. The number of benzene rings is 3. The van der Waals surface area contributed by atoms with E-state index in [1.54, 1.807) is 29.2 Å². The number of halogens is 3. The van der Waals surface area contributed by atoms with Crippen LogP contribution in [0.4, 0.5) is 0 Å². The molecule has 4 rings (SSSR count). The van der Waals surface area contributed by atoms with Gasteiger partial charge < -0.3 is 10.2 Å². The van der Waals surface area contributed by atoms with Crippen LogP contribution in [0.15, 0.2) is 72.8 Å². The van der Waals surface area contributed by atoms with E-state index in [1.165, 1.54) is 6.42 Å². The molecule has 1 unspecified atom stereocenters. The molecule has 3 aromatic rings. The molecule has 3 aromatic carbocycles. The van der Waals surface area contributed by atoms with E-state index in [9.17, 15) is 9.59 Å². The van der Waals surface area contributed by atoms with Crippen molar-refractivity contribution in [2.45, 2.75) is 63.6 Å². The van der Waals surface area contributed by atoms with Crippen molar-refractivity contribution in [2.75, 3.05) is 0 Å². The van der Waals surface area contributed by atoms with Gasteiger partial charge in [-0.05, 0) is 53.8 Å². The van der Waals surface area contributed by atoms with Crippen LogP contribution < -0.4 is 5.32 Å². The third-order valence-electron chi connectivity index (χ3n) is 6.85. The molecular formula is C30H31Cl3N2O2. The molecule has 1 aliphatic carbocycles. The molecule has 0 aliphatic heterocycles. The number of hydrogen-bond donors (Lipinski definition) is 1. The van der Waals surface area contributed by atoms with Crippen molar-refractivity contribution in [3.8, 4) is 0 Å². The van der Waals surface area contributed by atoms with Crippen LogP contribution in [0, 0.1) is 0 Å². The van der Waals surface area contributed by atoms with Gasteiger partial charge in [0.05, 0.1) is 6.42 Å². The molecule has 0 bridgehead atoms. The van der Waals surface area contributed by atoms with Crippen molar-refractivity contribution >= 4 is 46.6 Å².